The number of nitrogens with one attached hydrogen (secondary N) is 1. The number of rotatable bonds is 5. The Morgan fingerprint density at radius 3 is 2.40 bits per heavy atom. The molecule has 2 aromatic rings. The third-order valence-electron chi connectivity index (χ3n) is 2.95. The second-order valence-electron chi connectivity index (χ2n) is 4.76. The molecule has 20 heavy (non-hydrogen) atoms. The standard InChI is InChI=1S/C13H20N6O/c1-9-10(6-7-20-9)8-19(5)13-16-11(14-2)15-12(17-13)18(3)4/h6-7H,8H2,1-5H3,(H,14,15,16,17). The van der Waals surface area contributed by atoms with Gasteiger partial charge in [-0.25, -0.2) is 0 Å². The van der Waals surface area contributed by atoms with Gasteiger partial charge in [0, 0.05) is 40.3 Å². The highest BCUT2D eigenvalue weighted by Gasteiger charge is 2.13. The first-order valence-corrected chi connectivity index (χ1v) is 6.36. The highest BCUT2D eigenvalue weighted by molar-refractivity contribution is 5.44. The fourth-order valence-corrected chi connectivity index (χ4v) is 1.74. The summed E-state index contributed by atoms with van der Waals surface area (Å²) in [5, 5.41) is 2.95. The van der Waals surface area contributed by atoms with Crippen LogP contribution in [-0.4, -0.2) is 43.1 Å². The Balaban J connectivity index is 2.26. The third kappa shape index (κ3) is 2.98. The van der Waals surface area contributed by atoms with Crippen LogP contribution in [0, 0.1) is 6.92 Å². The van der Waals surface area contributed by atoms with E-state index >= 15 is 0 Å². The first-order valence-electron chi connectivity index (χ1n) is 6.36. The van der Waals surface area contributed by atoms with Crippen molar-refractivity contribution in [2.75, 3.05) is 43.3 Å². The van der Waals surface area contributed by atoms with Gasteiger partial charge in [-0.05, 0) is 13.0 Å². The van der Waals surface area contributed by atoms with E-state index in [0.717, 1.165) is 11.3 Å². The second-order valence-corrected chi connectivity index (χ2v) is 4.76. The molecule has 0 fully saturated rings. The van der Waals surface area contributed by atoms with Crippen LogP contribution >= 0.6 is 0 Å². The fraction of sp³-hybridized carbons (Fsp3) is 0.462. The maximum Gasteiger partial charge on any atom is 0.232 e. The van der Waals surface area contributed by atoms with Crippen molar-refractivity contribution in [2.45, 2.75) is 13.5 Å². The summed E-state index contributed by atoms with van der Waals surface area (Å²) in [6, 6.07) is 1.96. The summed E-state index contributed by atoms with van der Waals surface area (Å²) >= 11 is 0. The average molecular weight is 276 g/mol. The molecule has 7 heteroatoms. The van der Waals surface area contributed by atoms with Gasteiger partial charge >= 0.3 is 0 Å². The van der Waals surface area contributed by atoms with Crippen molar-refractivity contribution in [3.8, 4) is 0 Å². The SMILES string of the molecule is CNc1nc(N(C)C)nc(N(C)Cc2ccoc2C)n1. The van der Waals surface area contributed by atoms with Crippen LogP contribution in [0.3, 0.4) is 0 Å². The summed E-state index contributed by atoms with van der Waals surface area (Å²) in [5.74, 6) is 2.70. The van der Waals surface area contributed by atoms with Gasteiger partial charge < -0.3 is 19.5 Å². The molecule has 0 bridgehead atoms. The summed E-state index contributed by atoms with van der Waals surface area (Å²) in [6.07, 6.45) is 1.69. The molecular formula is C13H20N6O. The topological polar surface area (TPSA) is 70.3 Å². The van der Waals surface area contributed by atoms with Crippen LogP contribution in [-0.2, 0) is 6.54 Å². The minimum absolute atomic E-state index is 0.550. The molecule has 0 spiro atoms. The molecule has 0 radical (unpaired) electrons. The molecule has 0 amide bonds. The molecule has 0 aromatic carbocycles. The molecule has 0 aliphatic heterocycles. The number of hydrogen-bond donors (Lipinski definition) is 1. The van der Waals surface area contributed by atoms with E-state index in [1.165, 1.54) is 0 Å². The maximum atomic E-state index is 5.31. The Labute approximate surface area is 118 Å². The molecule has 7 nitrogen and oxygen atoms in total. The Morgan fingerprint density at radius 1 is 1.15 bits per heavy atom. The molecule has 0 saturated heterocycles. The Bertz CT molecular complexity index is 580. The van der Waals surface area contributed by atoms with Gasteiger partial charge in [0.25, 0.3) is 0 Å². The van der Waals surface area contributed by atoms with Crippen molar-refractivity contribution in [1.29, 1.82) is 0 Å². The van der Waals surface area contributed by atoms with Crippen molar-refractivity contribution in [2.24, 2.45) is 0 Å². The maximum absolute atomic E-state index is 5.31. The molecule has 0 aliphatic rings. The van der Waals surface area contributed by atoms with Crippen molar-refractivity contribution in [3.05, 3.63) is 23.7 Å². The van der Waals surface area contributed by atoms with Crippen LogP contribution in [0.5, 0.6) is 0 Å². The fourth-order valence-electron chi connectivity index (χ4n) is 1.74. The monoisotopic (exact) mass is 276 g/mol. The van der Waals surface area contributed by atoms with E-state index in [9.17, 15) is 0 Å². The van der Waals surface area contributed by atoms with Crippen molar-refractivity contribution < 1.29 is 4.42 Å². The van der Waals surface area contributed by atoms with E-state index in [1.807, 2.05) is 43.9 Å². The summed E-state index contributed by atoms with van der Waals surface area (Å²) in [7, 11) is 7.54. The van der Waals surface area contributed by atoms with Crippen molar-refractivity contribution in [3.63, 3.8) is 0 Å². The van der Waals surface area contributed by atoms with Gasteiger partial charge in [0.05, 0.1) is 6.26 Å². The van der Waals surface area contributed by atoms with Crippen LogP contribution < -0.4 is 15.1 Å². The lowest BCUT2D eigenvalue weighted by Crippen LogP contribution is -2.22. The summed E-state index contributed by atoms with van der Waals surface area (Å²) < 4.78 is 5.31. The number of aryl methyl sites for hydroxylation is 1. The number of hydrogen-bond acceptors (Lipinski definition) is 7. The summed E-state index contributed by atoms with van der Waals surface area (Å²) in [4.78, 5) is 16.9. The van der Waals surface area contributed by atoms with E-state index in [2.05, 4.69) is 20.3 Å². The molecule has 0 atom stereocenters. The van der Waals surface area contributed by atoms with Gasteiger partial charge in [-0.15, -0.1) is 0 Å². The first kappa shape index (κ1) is 14.1. The average Bonchev–Trinajstić information content (AvgIpc) is 2.83. The van der Waals surface area contributed by atoms with Crippen LogP contribution in [0.1, 0.15) is 11.3 Å². The van der Waals surface area contributed by atoms with E-state index in [-0.39, 0.29) is 0 Å². The molecule has 1 N–H and O–H groups in total. The Hall–Kier alpha value is -2.31. The van der Waals surface area contributed by atoms with Crippen LogP contribution in [0.4, 0.5) is 17.8 Å². The van der Waals surface area contributed by atoms with E-state index < -0.39 is 0 Å². The van der Waals surface area contributed by atoms with E-state index in [1.54, 1.807) is 13.3 Å². The molecular weight excluding hydrogens is 256 g/mol. The predicted molar refractivity (Wildman–Crippen MR) is 79.3 cm³/mol. The Morgan fingerprint density at radius 2 is 1.85 bits per heavy atom. The molecule has 0 saturated carbocycles. The predicted octanol–water partition coefficient (Wildman–Crippen LogP) is 1.52. The highest BCUT2D eigenvalue weighted by Crippen LogP contribution is 2.17. The Kier molecular flexibility index (Phi) is 4.07. The smallest absolute Gasteiger partial charge is 0.232 e. The van der Waals surface area contributed by atoms with E-state index in [0.29, 0.717) is 24.4 Å². The molecule has 2 heterocycles. The molecule has 2 aromatic heterocycles. The second kappa shape index (κ2) is 5.77. The lowest BCUT2D eigenvalue weighted by atomic mass is 10.2. The van der Waals surface area contributed by atoms with Gasteiger partial charge in [-0.1, -0.05) is 0 Å². The van der Waals surface area contributed by atoms with Crippen molar-refractivity contribution >= 4 is 17.8 Å². The third-order valence-corrected chi connectivity index (χ3v) is 2.95. The van der Waals surface area contributed by atoms with Crippen LogP contribution in [0.2, 0.25) is 0 Å². The zero-order chi connectivity index (χ0) is 14.7. The number of furan rings is 1. The molecule has 2 rings (SSSR count). The van der Waals surface area contributed by atoms with Crippen molar-refractivity contribution in [1.82, 2.24) is 15.0 Å². The lowest BCUT2D eigenvalue weighted by molar-refractivity contribution is 0.529. The normalized spacial score (nSPS) is 10.4. The quantitative estimate of drug-likeness (QED) is 0.887. The lowest BCUT2D eigenvalue weighted by Gasteiger charge is -2.19. The van der Waals surface area contributed by atoms with E-state index in [4.69, 9.17) is 4.42 Å². The minimum Gasteiger partial charge on any atom is -0.469 e. The summed E-state index contributed by atoms with van der Waals surface area (Å²) in [5.41, 5.74) is 1.12. The number of nitrogens with zero attached hydrogens (tertiary/aromatic N) is 5. The molecule has 108 valence electrons. The number of anilines is 3. The largest absolute Gasteiger partial charge is 0.469 e. The molecule has 0 aliphatic carbocycles. The van der Waals surface area contributed by atoms with Gasteiger partial charge in [-0.3, -0.25) is 0 Å². The van der Waals surface area contributed by atoms with Gasteiger partial charge in [0.2, 0.25) is 17.8 Å². The first-order chi connectivity index (χ1) is 9.51. The zero-order valence-corrected chi connectivity index (χ0v) is 12.5. The van der Waals surface area contributed by atoms with Crippen LogP contribution in [0.15, 0.2) is 16.7 Å². The zero-order valence-electron chi connectivity index (χ0n) is 12.5. The van der Waals surface area contributed by atoms with Gasteiger partial charge in [0.15, 0.2) is 0 Å². The minimum atomic E-state index is 0.550. The van der Waals surface area contributed by atoms with Crippen LogP contribution in [0.25, 0.3) is 0 Å². The molecule has 0 unspecified atom stereocenters. The number of aromatic nitrogens is 3. The van der Waals surface area contributed by atoms with Gasteiger partial charge in [0.1, 0.15) is 5.76 Å². The highest BCUT2D eigenvalue weighted by atomic mass is 16.3. The summed E-state index contributed by atoms with van der Waals surface area (Å²) in [6.45, 7) is 2.63. The van der Waals surface area contributed by atoms with Gasteiger partial charge in [-0.2, -0.15) is 15.0 Å².